The molecule has 150 valence electrons. The number of benzene rings is 2. The minimum absolute atomic E-state index is 0.247. The van der Waals surface area contributed by atoms with E-state index in [4.69, 9.17) is 9.47 Å². The van der Waals surface area contributed by atoms with Crippen LogP contribution < -0.4 is 19.7 Å². The predicted molar refractivity (Wildman–Crippen MR) is 116 cm³/mol. The van der Waals surface area contributed by atoms with Gasteiger partial charge in [-0.2, -0.15) is 0 Å². The van der Waals surface area contributed by atoms with Crippen molar-refractivity contribution in [1.82, 2.24) is 4.90 Å². The number of carbonyl (C=O) groups excluding carboxylic acids is 1. The molecule has 0 spiro atoms. The Hall–Kier alpha value is -2.25. The second kappa shape index (κ2) is 8.84. The number of anilines is 2. The molecule has 1 fully saturated rings. The number of hydrogen-bond donors (Lipinski definition) is 1. The third-order valence-corrected chi connectivity index (χ3v) is 5.59. The van der Waals surface area contributed by atoms with Crippen molar-refractivity contribution in [2.45, 2.75) is 6.92 Å². The first-order valence-corrected chi connectivity index (χ1v) is 9.99. The van der Waals surface area contributed by atoms with Gasteiger partial charge in [-0.25, -0.2) is 0 Å². The van der Waals surface area contributed by atoms with Crippen LogP contribution in [-0.2, 0) is 0 Å². The molecule has 2 aromatic rings. The number of carbonyl (C=O) groups is 1. The predicted octanol–water partition coefficient (Wildman–Crippen LogP) is 3.78. The second-order valence-corrected chi connectivity index (χ2v) is 7.79. The number of rotatable bonds is 5. The zero-order valence-electron chi connectivity index (χ0n) is 16.7. The molecule has 1 heterocycles. The van der Waals surface area contributed by atoms with Crippen molar-refractivity contribution in [3.05, 3.63) is 45.9 Å². The number of likely N-dealkylation sites (N-methyl/N-ethyl adjacent to an activating group) is 1. The molecule has 6 nitrogen and oxygen atoms in total. The molecule has 0 radical (unpaired) electrons. The van der Waals surface area contributed by atoms with Crippen molar-refractivity contribution in [3.63, 3.8) is 0 Å². The first-order valence-electron chi connectivity index (χ1n) is 9.20. The van der Waals surface area contributed by atoms with Crippen LogP contribution in [0.15, 0.2) is 34.8 Å². The van der Waals surface area contributed by atoms with E-state index in [1.165, 1.54) is 5.69 Å². The summed E-state index contributed by atoms with van der Waals surface area (Å²) in [6, 6.07) is 9.47. The first-order chi connectivity index (χ1) is 13.4. The lowest BCUT2D eigenvalue weighted by molar-refractivity contribution is 0.102. The summed E-state index contributed by atoms with van der Waals surface area (Å²) in [4.78, 5) is 17.6. The molecule has 0 atom stereocenters. The minimum atomic E-state index is -0.247. The lowest BCUT2D eigenvalue weighted by Crippen LogP contribution is -2.44. The van der Waals surface area contributed by atoms with E-state index in [0.29, 0.717) is 21.5 Å². The number of amides is 1. The number of hydrogen-bond acceptors (Lipinski definition) is 5. The molecule has 0 saturated carbocycles. The van der Waals surface area contributed by atoms with Gasteiger partial charge in [0.25, 0.3) is 5.91 Å². The number of nitrogens with zero attached hydrogens (tertiary/aromatic N) is 2. The van der Waals surface area contributed by atoms with E-state index in [9.17, 15) is 4.79 Å². The fraction of sp³-hybridized carbons (Fsp3) is 0.381. The lowest BCUT2D eigenvalue weighted by atomic mass is 10.1. The number of halogens is 1. The van der Waals surface area contributed by atoms with Crippen molar-refractivity contribution in [2.75, 3.05) is 57.7 Å². The van der Waals surface area contributed by atoms with E-state index in [1.54, 1.807) is 26.4 Å². The third kappa shape index (κ3) is 4.42. The molecule has 0 bridgehead atoms. The van der Waals surface area contributed by atoms with Gasteiger partial charge in [-0.3, -0.25) is 4.79 Å². The summed E-state index contributed by atoms with van der Waals surface area (Å²) in [7, 11) is 5.25. The summed E-state index contributed by atoms with van der Waals surface area (Å²) in [5, 5.41) is 2.97. The van der Waals surface area contributed by atoms with E-state index < -0.39 is 0 Å². The van der Waals surface area contributed by atoms with Crippen molar-refractivity contribution in [3.8, 4) is 11.5 Å². The Morgan fingerprint density at radius 2 is 1.79 bits per heavy atom. The van der Waals surface area contributed by atoms with Crippen LogP contribution in [0.25, 0.3) is 0 Å². The summed E-state index contributed by atoms with van der Waals surface area (Å²) >= 11 is 3.43. The summed E-state index contributed by atoms with van der Waals surface area (Å²) in [6.07, 6.45) is 0. The molecular weight excluding hydrogens is 422 g/mol. The largest absolute Gasteiger partial charge is 0.497 e. The van der Waals surface area contributed by atoms with Crippen LogP contribution in [0.1, 0.15) is 15.9 Å². The highest BCUT2D eigenvalue weighted by Crippen LogP contribution is 2.34. The number of piperazine rings is 1. The van der Waals surface area contributed by atoms with Crippen LogP contribution >= 0.6 is 15.9 Å². The van der Waals surface area contributed by atoms with Gasteiger partial charge in [0.05, 0.1) is 24.3 Å². The molecule has 7 heteroatoms. The molecule has 1 saturated heterocycles. The van der Waals surface area contributed by atoms with Crippen LogP contribution in [0, 0.1) is 6.92 Å². The van der Waals surface area contributed by atoms with Gasteiger partial charge in [-0.05, 0) is 65.8 Å². The molecule has 0 unspecified atom stereocenters. The average Bonchev–Trinajstić information content (AvgIpc) is 2.68. The Labute approximate surface area is 174 Å². The third-order valence-electron chi connectivity index (χ3n) is 5.00. The smallest absolute Gasteiger partial charge is 0.259 e. The number of nitrogens with one attached hydrogen (secondary N) is 1. The highest BCUT2D eigenvalue weighted by molar-refractivity contribution is 9.10. The summed E-state index contributed by atoms with van der Waals surface area (Å²) in [5.74, 6) is 0.812. The van der Waals surface area contributed by atoms with Crippen molar-refractivity contribution >= 4 is 33.2 Å². The van der Waals surface area contributed by atoms with Crippen LogP contribution in [0.5, 0.6) is 11.5 Å². The normalized spacial score (nSPS) is 14.7. The number of aryl methyl sites for hydroxylation is 1. The zero-order chi connectivity index (χ0) is 20.3. The highest BCUT2D eigenvalue weighted by Gasteiger charge is 2.19. The standard InChI is InChI=1S/C21H26BrN3O3/c1-14-11-15(5-6-19(14)25-9-7-24(2)8-10-25)23-21(26)17-12-16(27-3)13-18(22)20(17)28-4/h5-6,11-13H,7-10H2,1-4H3,(H,23,26). The molecule has 1 aliphatic rings. The molecule has 1 amide bonds. The molecule has 1 N–H and O–H groups in total. The first kappa shape index (κ1) is 20.5. The molecule has 3 rings (SSSR count). The molecule has 0 aromatic heterocycles. The number of ether oxygens (including phenoxy) is 2. The quantitative estimate of drug-likeness (QED) is 0.755. The average molecular weight is 448 g/mol. The van der Waals surface area contributed by atoms with Gasteiger partial charge in [0.1, 0.15) is 11.5 Å². The second-order valence-electron chi connectivity index (χ2n) is 6.94. The maximum Gasteiger partial charge on any atom is 0.259 e. The zero-order valence-corrected chi connectivity index (χ0v) is 18.3. The Kier molecular flexibility index (Phi) is 6.46. The van der Waals surface area contributed by atoms with Crippen LogP contribution in [0.2, 0.25) is 0 Å². The summed E-state index contributed by atoms with van der Waals surface area (Å²) in [6.45, 7) is 6.22. The maximum atomic E-state index is 12.9. The molecule has 1 aliphatic heterocycles. The monoisotopic (exact) mass is 447 g/mol. The Morgan fingerprint density at radius 3 is 2.39 bits per heavy atom. The van der Waals surface area contributed by atoms with Gasteiger partial charge in [0.15, 0.2) is 0 Å². The molecule has 0 aliphatic carbocycles. The molecule has 2 aromatic carbocycles. The van der Waals surface area contributed by atoms with Gasteiger partial charge in [0, 0.05) is 37.6 Å². The number of methoxy groups -OCH3 is 2. The van der Waals surface area contributed by atoms with Crippen LogP contribution in [0.4, 0.5) is 11.4 Å². The van der Waals surface area contributed by atoms with Crippen molar-refractivity contribution in [1.29, 1.82) is 0 Å². The van der Waals surface area contributed by atoms with E-state index in [2.05, 4.69) is 51.1 Å². The van der Waals surface area contributed by atoms with Gasteiger partial charge in [0.2, 0.25) is 0 Å². The summed E-state index contributed by atoms with van der Waals surface area (Å²) < 4.78 is 11.3. The van der Waals surface area contributed by atoms with Gasteiger partial charge < -0.3 is 24.6 Å². The lowest BCUT2D eigenvalue weighted by Gasteiger charge is -2.35. The maximum absolute atomic E-state index is 12.9. The van der Waals surface area contributed by atoms with Gasteiger partial charge >= 0.3 is 0 Å². The van der Waals surface area contributed by atoms with E-state index in [0.717, 1.165) is 37.4 Å². The highest BCUT2D eigenvalue weighted by atomic mass is 79.9. The summed E-state index contributed by atoms with van der Waals surface area (Å²) in [5.41, 5.74) is 3.52. The Bertz CT molecular complexity index is 864. The molecular formula is C21H26BrN3O3. The van der Waals surface area contributed by atoms with E-state index in [1.807, 2.05) is 12.1 Å². The topological polar surface area (TPSA) is 54.0 Å². The van der Waals surface area contributed by atoms with Crippen molar-refractivity contribution in [2.24, 2.45) is 0 Å². The fourth-order valence-corrected chi connectivity index (χ4v) is 4.00. The van der Waals surface area contributed by atoms with E-state index in [-0.39, 0.29) is 5.91 Å². The van der Waals surface area contributed by atoms with Crippen LogP contribution in [0.3, 0.4) is 0 Å². The van der Waals surface area contributed by atoms with Crippen LogP contribution in [-0.4, -0.2) is 58.3 Å². The van der Waals surface area contributed by atoms with Gasteiger partial charge in [-0.1, -0.05) is 0 Å². The minimum Gasteiger partial charge on any atom is -0.497 e. The Balaban J connectivity index is 1.80. The fourth-order valence-electron chi connectivity index (χ4n) is 3.40. The SMILES string of the molecule is COc1cc(Br)c(OC)c(C(=O)Nc2ccc(N3CCN(C)CC3)c(C)c2)c1. The van der Waals surface area contributed by atoms with Crippen molar-refractivity contribution < 1.29 is 14.3 Å². The Morgan fingerprint density at radius 1 is 1.07 bits per heavy atom. The van der Waals surface area contributed by atoms with Gasteiger partial charge in [-0.15, -0.1) is 0 Å². The molecule has 28 heavy (non-hydrogen) atoms. The van der Waals surface area contributed by atoms with E-state index >= 15 is 0 Å².